The van der Waals surface area contributed by atoms with Crippen LogP contribution >= 0.6 is 38.9 Å². The van der Waals surface area contributed by atoms with E-state index in [9.17, 15) is 17.6 Å². The molecule has 0 aliphatic rings. The van der Waals surface area contributed by atoms with Gasteiger partial charge in [-0.3, -0.25) is 10.1 Å². The van der Waals surface area contributed by atoms with Crippen molar-refractivity contribution in [3.05, 3.63) is 51.2 Å². The fourth-order valence-electron chi connectivity index (χ4n) is 2.07. The van der Waals surface area contributed by atoms with Gasteiger partial charge in [0.05, 0.1) is 25.1 Å². The first-order chi connectivity index (χ1) is 11.6. The normalized spacial score (nSPS) is 11.7. The van der Waals surface area contributed by atoms with Gasteiger partial charge in [0.15, 0.2) is 15.0 Å². The number of rotatable bonds is 3. The van der Waals surface area contributed by atoms with E-state index in [1.165, 1.54) is 24.3 Å². The van der Waals surface area contributed by atoms with Crippen LogP contribution in [0.3, 0.4) is 0 Å². The highest BCUT2D eigenvalue weighted by molar-refractivity contribution is 9.10. The van der Waals surface area contributed by atoms with E-state index in [4.69, 9.17) is 11.6 Å². The van der Waals surface area contributed by atoms with Crippen LogP contribution in [0.4, 0.5) is 9.52 Å². The largest absolute Gasteiger partial charge is 0.298 e. The molecule has 1 N–H and O–H groups in total. The summed E-state index contributed by atoms with van der Waals surface area (Å²) < 4.78 is 37.9. The predicted octanol–water partition coefficient (Wildman–Crippen LogP) is 4.51. The highest BCUT2D eigenvalue weighted by atomic mass is 79.9. The summed E-state index contributed by atoms with van der Waals surface area (Å²) in [5.74, 6) is -1.44. The molecule has 3 aromatic rings. The summed E-state index contributed by atoms with van der Waals surface area (Å²) >= 11 is 9.93. The molecule has 130 valence electrons. The Morgan fingerprint density at radius 3 is 2.72 bits per heavy atom. The maximum absolute atomic E-state index is 14.1. The van der Waals surface area contributed by atoms with Crippen LogP contribution in [0.2, 0.25) is 5.02 Å². The predicted molar refractivity (Wildman–Crippen MR) is 99.8 cm³/mol. The van der Waals surface area contributed by atoms with E-state index in [0.29, 0.717) is 10.2 Å². The Balaban J connectivity index is 1.94. The Kier molecular flexibility index (Phi) is 4.84. The van der Waals surface area contributed by atoms with Crippen LogP contribution in [0, 0.1) is 5.82 Å². The van der Waals surface area contributed by atoms with E-state index in [-0.39, 0.29) is 25.1 Å². The molecule has 0 radical (unpaired) electrons. The van der Waals surface area contributed by atoms with E-state index < -0.39 is 21.6 Å². The Hall–Kier alpha value is -1.55. The monoisotopic (exact) mass is 462 g/mol. The summed E-state index contributed by atoms with van der Waals surface area (Å²) in [6, 6.07) is 7.03. The molecule has 1 amide bonds. The Morgan fingerprint density at radius 1 is 1.32 bits per heavy atom. The Bertz CT molecular complexity index is 1120. The fraction of sp³-hybridized carbons (Fsp3) is 0.0667. The molecular formula is C15H9BrClFN2O3S2. The molecule has 25 heavy (non-hydrogen) atoms. The number of thiazole rings is 1. The molecule has 0 aliphatic heterocycles. The molecule has 0 aliphatic carbocycles. The number of nitrogens with one attached hydrogen (secondary N) is 1. The second kappa shape index (κ2) is 6.64. The second-order valence-electron chi connectivity index (χ2n) is 5.12. The maximum atomic E-state index is 14.1. The van der Waals surface area contributed by atoms with E-state index in [0.717, 1.165) is 17.6 Å². The van der Waals surface area contributed by atoms with Gasteiger partial charge in [-0.1, -0.05) is 22.9 Å². The minimum absolute atomic E-state index is 0.0762. The van der Waals surface area contributed by atoms with Gasteiger partial charge >= 0.3 is 0 Å². The van der Waals surface area contributed by atoms with Crippen molar-refractivity contribution in [1.82, 2.24) is 4.98 Å². The number of carbonyl (C=O) groups is 1. The molecule has 0 saturated carbocycles. The van der Waals surface area contributed by atoms with Crippen molar-refractivity contribution in [2.45, 2.75) is 4.90 Å². The highest BCUT2D eigenvalue weighted by Gasteiger charge is 2.18. The number of aromatic nitrogens is 1. The van der Waals surface area contributed by atoms with Crippen LogP contribution in [0.1, 0.15) is 10.4 Å². The van der Waals surface area contributed by atoms with Gasteiger partial charge in [-0.2, -0.15) is 0 Å². The SMILES string of the molecule is CS(=O)(=O)c1ccc2nc(NC(=O)c3cc(Cl)cc(Br)c3F)sc2c1. The Morgan fingerprint density at radius 2 is 2.04 bits per heavy atom. The zero-order chi connectivity index (χ0) is 18.4. The zero-order valence-electron chi connectivity index (χ0n) is 12.5. The van der Waals surface area contributed by atoms with E-state index in [2.05, 4.69) is 26.2 Å². The minimum atomic E-state index is -3.34. The third-order valence-corrected chi connectivity index (χ3v) is 6.09. The summed E-state index contributed by atoms with van der Waals surface area (Å²) in [7, 11) is -3.34. The van der Waals surface area contributed by atoms with Gasteiger partial charge in [0.2, 0.25) is 0 Å². The highest BCUT2D eigenvalue weighted by Crippen LogP contribution is 2.30. The van der Waals surface area contributed by atoms with Gasteiger partial charge in [-0.15, -0.1) is 0 Å². The number of carbonyl (C=O) groups excluding carboxylic acids is 1. The standard InChI is InChI=1S/C15H9BrClFN2O3S2/c1-25(22,23)8-2-3-11-12(6-8)24-15(19-11)20-14(21)9-4-7(17)5-10(16)13(9)18/h2-6H,1H3,(H,19,20,21). The molecule has 5 nitrogen and oxygen atoms in total. The van der Waals surface area contributed by atoms with Crippen LogP contribution in [0.15, 0.2) is 39.7 Å². The van der Waals surface area contributed by atoms with Crippen molar-refractivity contribution in [2.24, 2.45) is 0 Å². The molecular weight excluding hydrogens is 455 g/mol. The first-order valence-corrected chi connectivity index (χ1v) is 10.6. The van der Waals surface area contributed by atoms with Crippen molar-refractivity contribution in [3.63, 3.8) is 0 Å². The second-order valence-corrected chi connectivity index (χ2v) is 9.46. The smallest absolute Gasteiger partial charge is 0.260 e. The van der Waals surface area contributed by atoms with Gasteiger partial charge in [0.25, 0.3) is 5.91 Å². The number of nitrogens with zero attached hydrogens (tertiary/aromatic N) is 1. The quantitative estimate of drug-likeness (QED) is 0.580. The third-order valence-electron chi connectivity index (χ3n) is 3.25. The minimum Gasteiger partial charge on any atom is -0.298 e. The average Bonchev–Trinajstić information content (AvgIpc) is 2.91. The lowest BCUT2D eigenvalue weighted by molar-refractivity contribution is 0.102. The van der Waals surface area contributed by atoms with Gasteiger partial charge < -0.3 is 0 Å². The number of sulfone groups is 1. The molecule has 0 unspecified atom stereocenters. The van der Waals surface area contributed by atoms with Crippen molar-refractivity contribution >= 4 is 70.0 Å². The zero-order valence-corrected chi connectivity index (χ0v) is 16.5. The maximum Gasteiger partial charge on any atom is 0.260 e. The van der Waals surface area contributed by atoms with Crippen molar-refractivity contribution in [3.8, 4) is 0 Å². The molecule has 1 aromatic heterocycles. The van der Waals surface area contributed by atoms with Crippen LogP contribution < -0.4 is 5.32 Å². The fourth-order valence-corrected chi connectivity index (χ4v) is 4.51. The molecule has 1 heterocycles. The van der Waals surface area contributed by atoms with Crippen LogP contribution in [0.5, 0.6) is 0 Å². The van der Waals surface area contributed by atoms with Crippen LogP contribution in [-0.4, -0.2) is 25.6 Å². The number of hydrogen-bond acceptors (Lipinski definition) is 5. The topological polar surface area (TPSA) is 76.1 Å². The molecule has 10 heteroatoms. The summed E-state index contributed by atoms with van der Waals surface area (Å²) in [4.78, 5) is 16.6. The van der Waals surface area contributed by atoms with E-state index in [1.807, 2.05) is 0 Å². The molecule has 0 atom stereocenters. The van der Waals surface area contributed by atoms with Gasteiger partial charge in [-0.05, 0) is 46.3 Å². The average molecular weight is 464 g/mol. The van der Waals surface area contributed by atoms with E-state index >= 15 is 0 Å². The number of hydrogen-bond donors (Lipinski definition) is 1. The first kappa shape index (κ1) is 18.2. The number of anilines is 1. The molecule has 0 bridgehead atoms. The molecule has 3 rings (SSSR count). The van der Waals surface area contributed by atoms with Crippen molar-refractivity contribution in [2.75, 3.05) is 11.6 Å². The van der Waals surface area contributed by atoms with Gasteiger partial charge in [0, 0.05) is 11.3 Å². The van der Waals surface area contributed by atoms with Gasteiger partial charge in [-0.25, -0.2) is 17.8 Å². The summed E-state index contributed by atoms with van der Waals surface area (Å²) in [5.41, 5.74) is 0.302. The summed E-state index contributed by atoms with van der Waals surface area (Å²) in [6.07, 6.45) is 1.11. The number of halogens is 3. The lowest BCUT2D eigenvalue weighted by atomic mass is 10.2. The summed E-state index contributed by atoms with van der Waals surface area (Å²) in [5, 5.41) is 2.93. The third kappa shape index (κ3) is 3.84. The number of amides is 1. The summed E-state index contributed by atoms with van der Waals surface area (Å²) in [6.45, 7) is 0. The number of fused-ring (bicyclic) bond motifs is 1. The van der Waals surface area contributed by atoms with Crippen molar-refractivity contribution in [1.29, 1.82) is 0 Å². The Labute approximate surface area is 159 Å². The van der Waals surface area contributed by atoms with Gasteiger partial charge in [0.1, 0.15) is 5.82 Å². The number of benzene rings is 2. The molecule has 0 fully saturated rings. The van der Waals surface area contributed by atoms with Crippen LogP contribution in [-0.2, 0) is 9.84 Å². The van der Waals surface area contributed by atoms with Crippen molar-refractivity contribution < 1.29 is 17.6 Å². The lowest BCUT2D eigenvalue weighted by Crippen LogP contribution is -2.13. The van der Waals surface area contributed by atoms with Crippen LogP contribution in [0.25, 0.3) is 10.2 Å². The first-order valence-electron chi connectivity index (χ1n) is 6.71. The molecule has 2 aromatic carbocycles. The lowest BCUT2D eigenvalue weighted by Gasteiger charge is -2.05. The molecule has 0 saturated heterocycles. The van der Waals surface area contributed by atoms with E-state index in [1.54, 1.807) is 6.07 Å². The molecule has 0 spiro atoms.